The van der Waals surface area contributed by atoms with Crippen molar-refractivity contribution in [2.45, 2.75) is 12.8 Å². The van der Waals surface area contributed by atoms with E-state index in [1.807, 2.05) is 24.3 Å². The number of hydrogen-bond acceptors (Lipinski definition) is 3. The van der Waals surface area contributed by atoms with Crippen LogP contribution in [0.2, 0.25) is 0 Å². The van der Waals surface area contributed by atoms with E-state index >= 15 is 0 Å². The van der Waals surface area contributed by atoms with Crippen LogP contribution in [0.5, 0.6) is 5.88 Å². The number of pyridine rings is 1. The molecule has 0 saturated carbocycles. The molecule has 1 N–H and O–H groups in total. The lowest BCUT2D eigenvalue weighted by Gasteiger charge is -2.13. The number of ether oxygens (including phenoxy) is 1. The highest BCUT2D eigenvalue weighted by Crippen LogP contribution is 2.12. The molecule has 100 valence electrons. The maximum Gasteiger partial charge on any atom is 0.213 e. The first kappa shape index (κ1) is 13.6. The molecule has 2 rings (SSSR count). The monoisotopic (exact) mass is 256 g/mol. The molecule has 0 bridgehead atoms. The second kappa shape index (κ2) is 7.54. The van der Waals surface area contributed by atoms with Crippen molar-refractivity contribution in [3.63, 3.8) is 0 Å². The van der Waals surface area contributed by atoms with E-state index in [-0.39, 0.29) is 0 Å². The molecule has 3 heteroatoms. The molecule has 0 unspecified atom stereocenters. The Labute approximate surface area is 114 Å². The number of benzene rings is 1. The first-order valence-corrected chi connectivity index (χ1v) is 6.66. The van der Waals surface area contributed by atoms with Gasteiger partial charge >= 0.3 is 0 Å². The van der Waals surface area contributed by atoms with E-state index < -0.39 is 0 Å². The average molecular weight is 256 g/mol. The number of aromatic nitrogens is 1. The lowest BCUT2D eigenvalue weighted by atomic mass is 10.0. The lowest BCUT2D eigenvalue weighted by Crippen LogP contribution is -2.25. The molecule has 0 spiro atoms. The van der Waals surface area contributed by atoms with Gasteiger partial charge in [-0.05, 0) is 17.5 Å². The quantitative estimate of drug-likeness (QED) is 0.773. The molecule has 0 aliphatic carbocycles. The van der Waals surface area contributed by atoms with Crippen molar-refractivity contribution in [1.29, 1.82) is 0 Å². The van der Waals surface area contributed by atoms with Gasteiger partial charge in [0.15, 0.2) is 0 Å². The van der Waals surface area contributed by atoms with Gasteiger partial charge in [0.05, 0.1) is 0 Å². The topological polar surface area (TPSA) is 34.1 Å². The van der Waals surface area contributed by atoms with Crippen LogP contribution < -0.4 is 10.1 Å². The maximum atomic E-state index is 5.52. The lowest BCUT2D eigenvalue weighted by molar-refractivity contribution is 0.301. The van der Waals surface area contributed by atoms with E-state index in [0.29, 0.717) is 18.4 Å². The normalized spacial score (nSPS) is 12.1. The summed E-state index contributed by atoms with van der Waals surface area (Å²) in [4.78, 5) is 4.11. The second-order valence-electron chi connectivity index (χ2n) is 4.53. The summed E-state index contributed by atoms with van der Waals surface area (Å²) in [5.74, 6) is 1.19. The fourth-order valence-electron chi connectivity index (χ4n) is 1.88. The van der Waals surface area contributed by atoms with E-state index in [4.69, 9.17) is 4.74 Å². The number of hydrogen-bond donors (Lipinski definition) is 1. The van der Waals surface area contributed by atoms with E-state index in [0.717, 1.165) is 13.1 Å². The largest absolute Gasteiger partial charge is 0.476 e. The van der Waals surface area contributed by atoms with Crippen LogP contribution in [-0.2, 0) is 0 Å². The predicted octanol–water partition coefficient (Wildman–Crippen LogP) is 2.85. The van der Waals surface area contributed by atoms with Crippen LogP contribution in [0.25, 0.3) is 0 Å². The molecule has 1 aromatic carbocycles. The standard InChI is InChI=1S/C16H20N2O/c1-14(15-7-3-2-4-8-15)13-17-11-12-19-16-9-5-6-10-18-16/h2-10,14,17H,11-13H2,1H3/t14-/m1/s1. The molecular weight excluding hydrogens is 236 g/mol. The van der Waals surface area contributed by atoms with Crippen molar-refractivity contribution in [3.05, 3.63) is 60.3 Å². The molecular formula is C16H20N2O. The highest BCUT2D eigenvalue weighted by Gasteiger charge is 2.03. The molecule has 1 aromatic heterocycles. The Morgan fingerprint density at radius 3 is 2.63 bits per heavy atom. The molecule has 0 saturated heterocycles. The number of nitrogens with zero attached hydrogens (tertiary/aromatic N) is 1. The molecule has 1 heterocycles. The fourth-order valence-corrected chi connectivity index (χ4v) is 1.88. The molecule has 0 fully saturated rings. The highest BCUT2D eigenvalue weighted by atomic mass is 16.5. The molecule has 1 atom stereocenters. The van der Waals surface area contributed by atoms with E-state index in [1.54, 1.807) is 6.20 Å². The summed E-state index contributed by atoms with van der Waals surface area (Å²) < 4.78 is 5.52. The molecule has 0 aliphatic rings. The van der Waals surface area contributed by atoms with Gasteiger partial charge in [0.1, 0.15) is 6.61 Å². The van der Waals surface area contributed by atoms with Crippen LogP contribution in [0.3, 0.4) is 0 Å². The van der Waals surface area contributed by atoms with Gasteiger partial charge in [-0.25, -0.2) is 4.98 Å². The van der Waals surface area contributed by atoms with Gasteiger partial charge in [-0.1, -0.05) is 43.3 Å². The van der Waals surface area contributed by atoms with E-state index in [2.05, 4.69) is 41.5 Å². The highest BCUT2D eigenvalue weighted by molar-refractivity contribution is 5.18. The number of rotatable bonds is 7. The Balaban J connectivity index is 1.62. The van der Waals surface area contributed by atoms with Crippen molar-refractivity contribution >= 4 is 0 Å². The summed E-state index contributed by atoms with van der Waals surface area (Å²) in [6.07, 6.45) is 1.74. The Morgan fingerprint density at radius 1 is 1.11 bits per heavy atom. The van der Waals surface area contributed by atoms with Crippen LogP contribution in [-0.4, -0.2) is 24.7 Å². The smallest absolute Gasteiger partial charge is 0.213 e. The maximum absolute atomic E-state index is 5.52. The van der Waals surface area contributed by atoms with Crippen molar-refractivity contribution in [1.82, 2.24) is 10.3 Å². The minimum Gasteiger partial charge on any atom is -0.476 e. The number of nitrogens with one attached hydrogen (secondary N) is 1. The predicted molar refractivity (Wildman–Crippen MR) is 77.5 cm³/mol. The van der Waals surface area contributed by atoms with Crippen LogP contribution in [0.4, 0.5) is 0 Å². The molecule has 19 heavy (non-hydrogen) atoms. The van der Waals surface area contributed by atoms with Crippen LogP contribution in [0.15, 0.2) is 54.7 Å². The first-order chi connectivity index (χ1) is 9.36. The second-order valence-corrected chi connectivity index (χ2v) is 4.53. The van der Waals surface area contributed by atoms with Crippen LogP contribution in [0, 0.1) is 0 Å². The summed E-state index contributed by atoms with van der Waals surface area (Å²) >= 11 is 0. The molecule has 0 radical (unpaired) electrons. The Morgan fingerprint density at radius 2 is 1.89 bits per heavy atom. The van der Waals surface area contributed by atoms with Gasteiger partial charge in [-0.15, -0.1) is 0 Å². The van der Waals surface area contributed by atoms with Gasteiger partial charge in [0.2, 0.25) is 5.88 Å². The summed E-state index contributed by atoms with van der Waals surface area (Å²) in [6.45, 7) is 4.64. The van der Waals surface area contributed by atoms with Crippen molar-refractivity contribution in [3.8, 4) is 5.88 Å². The van der Waals surface area contributed by atoms with Gasteiger partial charge < -0.3 is 10.1 Å². The average Bonchev–Trinajstić information content (AvgIpc) is 2.49. The van der Waals surface area contributed by atoms with Gasteiger partial charge in [-0.3, -0.25) is 0 Å². The Bertz CT molecular complexity index is 459. The van der Waals surface area contributed by atoms with Gasteiger partial charge in [0.25, 0.3) is 0 Å². The zero-order valence-corrected chi connectivity index (χ0v) is 11.3. The third kappa shape index (κ3) is 4.72. The van der Waals surface area contributed by atoms with Crippen molar-refractivity contribution in [2.24, 2.45) is 0 Å². The van der Waals surface area contributed by atoms with E-state index in [1.165, 1.54) is 5.56 Å². The van der Waals surface area contributed by atoms with Crippen molar-refractivity contribution in [2.75, 3.05) is 19.7 Å². The summed E-state index contributed by atoms with van der Waals surface area (Å²) in [5, 5.41) is 3.40. The molecule has 3 nitrogen and oxygen atoms in total. The third-order valence-electron chi connectivity index (χ3n) is 2.99. The fraction of sp³-hybridized carbons (Fsp3) is 0.312. The van der Waals surface area contributed by atoms with Crippen molar-refractivity contribution < 1.29 is 4.74 Å². The SMILES string of the molecule is C[C@H](CNCCOc1ccccn1)c1ccccc1. The zero-order chi connectivity index (χ0) is 13.3. The Kier molecular flexibility index (Phi) is 5.38. The van der Waals surface area contributed by atoms with Crippen LogP contribution >= 0.6 is 0 Å². The Hall–Kier alpha value is -1.87. The molecule has 2 aromatic rings. The minimum absolute atomic E-state index is 0.510. The third-order valence-corrected chi connectivity index (χ3v) is 2.99. The first-order valence-electron chi connectivity index (χ1n) is 6.66. The molecule has 0 aliphatic heterocycles. The summed E-state index contributed by atoms with van der Waals surface area (Å²) in [6, 6.07) is 16.2. The van der Waals surface area contributed by atoms with Gasteiger partial charge in [0, 0.05) is 25.4 Å². The molecule has 0 amide bonds. The zero-order valence-electron chi connectivity index (χ0n) is 11.3. The summed E-state index contributed by atoms with van der Waals surface area (Å²) in [7, 11) is 0. The van der Waals surface area contributed by atoms with Crippen LogP contribution in [0.1, 0.15) is 18.4 Å². The summed E-state index contributed by atoms with van der Waals surface area (Å²) in [5.41, 5.74) is 1.36. The van der Waals surface area contributed by atoms with Gasteiger partial charge in [-0.2, -0.15) is 0 Å². The van der Waals surface area contributed by atoms with E-state index in [9.17, 15) is 0 Å². The minimum atomic E-state index is 0.510.